The Hall–Kier alpha value is -2.07. The lowest BCUT2D eigenvalue weighted by Gasteiger charge is -2.33. The molecule has 3 N–H and O–H groups in total. The number of rotatable bonds is 7. The van der Waals surface area contributed by atoms with Crippen molar-refractivity contribution in [3.63, 3.8) is 0 Å². The second-order valence-electron chi connectivity index (χ2n) is 7.21. The molecule has 0 aliphatic carbocycles. The van der Waals surface area contributed by atoms with Crippen LogP contribution in [0.5, 0.6) is 0 Å². The third-order valence-electron chi connectivity index (χ3n) is 5.27. The van der Waals surface area contributed by atoms with Gasteiger partial charge in [0.1, 0.15) is 5.76 Å². The summed E-state index contributed by atoms with van der Waals surface area (Å²) in [4.78, 5) is 18.6. The number of nitrogens with zero attached hydrogens (tertiary/aromatic N) is 2. The van der Waals surface area contributed by atoms with E-state index in [1.54, 1.807) is 20.4 Å². The summed E-state index contributed by atoms with van der Waals surface area (Å²) >= 11 is 0. The summed E-state index contributed by atoms with van der Waals surface area (Å²) in [5, 5.41) is 9.42. The fraction of sp³-hybridized carbons (Fsp3) is 0.455. The van der Waals surface area contributed by atoms with Crippen LogP contribution in [0.15, 0.2) is 52.1 Å². The van der Waals surface area contributed by atoms with E-state index in [0.29, 0.717) is 18.7 Å². The van der Waals surface area contributed by atoms with E-state index < -0.39 is 0 Å². The molecule has 1 aromatic carbocycles. The number of furan rings is 1. The normalized spacial score (nSPS) is 15.7. The molecule has 164 valence electrons. The van der Waals surface area contributed by atoms with Gasteiger partial charge >= 0.3 is 0 Å². The Bertz CT molecular complexity index is 804. The van der Waals surface area contributed by atoms with Crippen molar-refractivity contribution in [1.82, 2.24) is 20.9 Å². The minimum absolute atomic E-state index is 0. The zero-order valence-electron chi connectivity index (χ0n) is 17.7. The molecule has 3 rings (SSSR count). The summed E-state index contributed by atoms with van der Waals surface area (Å²) in [6.07, 6.45) is 5.49. The Morgan fingerprint density at radius 1 is 1.17 bits per heavy atom. The average Bonchev–Trinajstić information content (AvgIpc) is 3.31. The number of amides is 1. The van der Waals surface area contributed by atoms with Gasteiger partial charge in [0, 0.05) is 32.7 Å². The largest absolute Gasteiger partial charge is 0.468 e. The van der Waals surface area contributed by atoms with Crippen molar-refractivity contribution >= 4 is 35.8 Å². The molecule has 1 atom stereocenters. The molecule has 1 fully saturated rings. The first-order valence-corrected chi connectivity index (χ1v) is 10.2. The van der Waals surface area contributed by atoms with E-state index in [2.05, 4.69) is 25.8 Å². The van der Waals surface area contributed by atoms with Gasteiger partial charge < -0.3 is 20.4 Å². The van der Waals surface area contributed by atoms with Crippen LogP contribution < -0.4 is 16.0 Å². The number of likely N-dealkylation sites (tertiary alicyclic amines) is 1. The highest BCUT2D eigenvalue weighted by molar-refractivity contribution is 14.0. The second-order valence-corrected chi connectivity index (χ2v) is 7.21. The van der Waals surface area contributed by atoms with Gasteiger partial charge in [-0.2, -0.15) is 0 Å². The number of benzene rings is 1. The van der Waals surface area contributed by atoms with E-state index in [1.165, 1.54) is 19.3 Å². The minimum Gasteiger partial charge on any atom is -0.468 e. The Morgan fingerprint density at radius 3 is 2.63 bits per heavy atom. The molecule has 1 aromatic heterocycles. The van der Waals surface area contributed by atoms with Crippen LogP contribution in [0.25, 0.3) is 0 Å². The molecular formula is C22H32IN5O2. The fourth-order valence-electron chi connectivity index (χ4n) is 3.69. The molecule has 2 heterocycles. The minimum atomic E-state index is -0.0859. The van der Waals surface area contributed by atoms with Crippen molar-refractivity contribution in [1.29, 1.82) is 0 Å². The molecule has 2 aromatic rings. The van der Waals surface area contributed by atoms with E-state index in [-0.39, 0.29) is 35.9 Å². The van der Waals surface area contributed by atoms with Crippen LogP contribution in [0.2, 0.25) is 0 Å². The van der Waals surface area contributed by atoms with Crippen LogP contribution >= 0.6 is 24.0 Å². The molecule has 1 aliphatic rings. The molecule has 0 saturated carbocycles. The summed E-state index contributed by atoms with van der Waals surface area (Å²) in [5.74, 6) is 1.62. The summed E-state index contributed by atoms with van der Waals surface area (Å²) in [5.41, 5.74) is 1.67. The lowest BCUT2D eigenvalue weighted by atomic mass is 10.1. The Kier molecular flexibility index (Phi) is 10.2. The lowest BCUT2D eigenvalue weighted by Crippen LogP contribution is -2.44. The van der Waals surface area contributed by atoms with E-state index >= 15 is 0 Å². The second kappa shape index (κ2) is 12.6. The molecule has 1 amide bonds. The van der Waals surface area contributed by atoms with Crippen LogP contribution in [0, 0.1) is 0 Å². The van der Waals surface area contributed by atoms with Crippen molar-refractivity contribution < 1.29 is 9.21 Å². The summed E-state index contributed by atoms with van der Waals surface area (Å²) < 4.78 is 5.71. The van der Waals surface area contributed by atoms with Gasteiger partial charge in [0.25, 0.3) is 5.91 Å². The van der Waals surface area contributed by atoms with Gasteiger partial charge in [0.15, 0.2) is 5.96 Å². The number of guanidine groups is 1. The Morgan fingerprint density at radius 2 is 1.97 bits per heavy atom. The monoisotopic (exact) mass is 525 g/mol. The molecular weight excluding hydrogens is 493 g/mol. The number of piperidine rings is 1. The van der Waals surface area contributed by atoms with Gasteiger partial charge in [-0.15, -0.1) is 24.0 Å². The molecule has 0 bridgehead atoms. The van der Waals surface area contributed by atoms with E-state index in [9.17, 15) is 4.79 Å². The maximum atomic E-state index is 11.8. The number of aliphatic imine (C=N–C) groups is 1. The van der Waals surface area contributed by atoms with Gasteiger partial charge in [0.05, 0.1) is 12.3 Å². The van der Waals surface area contributed by atoms with Gasteiger partial charge in [-0.25, -0.2) is 0 Å². The number of nitrogens with one attached hydrogen (secondary N) is 3. The molecule has 1 aliphatic heterocycles. The number of carbonyl (C=O) groups excluding carboxylic acids is 1. The summed E-state index contributed by atoms with van der Waals surface area (Å²) in [6, 6.07) is 11.7. The SMILES string of the molecule is CN=C(NCc1cccc(C(=O)NC)c1)NCC(c1ccco1)N1CCCCC1.I. The fourth-order valence-corrected chi connectivity index (χ4v) is 3.69. The Balaban J connectivity index is 0.00000320. The van der Waals surface area contributed by atoms with Crippen LogP contribution in [0.1, 0.15) is 47.0 Å². The van der Waals surface area contributed by atoms with Crippen LogP contribution in [-0.2, 0) is 6.54 Å². The lowest BCUT2D eigenvalue weighted by molar-refractivity contribution is 0.0963. The zero-order valence-corrected chi connectivity index (χ0v) is 20.0. The van der Waals surface area contributed by atoms with Gasteiger partial charge in [-0.3, -0.25) is 14.7 Å². The van der Waals surface area contributed by atoms with Crippen molar-refractivity contribution in [3.8, 4) is 0 Å². The van der Waals surface area contributed by atoms with Crippen LogP contribution in [-0.4, -0.2) is 50.5 Å². The number of carbonyl (C=O) groups is 1. The highest BCUT2D eigenvalue weighted by atomic mass is 127. The highest BCUT2D eigenvalue weighted by Crippen LogP contribution is 2.24. The molecule has 0 spiro atoms. The quantitative estimate of drug-likeness (QED) is 0.294. The number of hydrogen-bond acceptors (Lipinski definition) is 4. The first kappa shape index (κ1) is 24.2. The topological polar surface area (TPSA) is 81.9 Å². The van der Waals surface area contributed by atoms with Gasteiger partial charge in [-0.1, -0.05) is 18.6 Å². The maximum Gasteiger partial charge on any atom is 0.251 e. The molecule has 0 radical (unpaired) electrons. The van der Waals surface area contributed by atoms with E-state index in [0.717, 1.165) is 30.4 Å². The van der Waals surface area contributed by atoms with Crippen molar-refractivity contribution in [3.05, 3.63) is 59.5 Å². The predicted octanol–water partition coefficient (Wildman–Crippen LogP) is 3.15. The average molecular weight is 525 g/mol. The van der Waals surface area contributed by atoms with Crippen molar-refractivity contribution in [2.24, 2.45) is 4.99 Å². The number of halogens is 1. The molecule has 30 heavy (non-hydrogen) atoms. The van der Waals surface area contributed by atoms with Gasteiger partial charge in [0.2, 0.25) is 0 Å². The van der Waals surface area contributed by atoms with Crippen molar-refractivity contribution in [2.75, 3.05) is 33.7 Å². The highest BCUT2D eigenvalue weighted by Gasteiger charge is 2.24. The van der Waals surface area contributed by atoms with Crippen LogP contribution in [0.4, 0.5) is 0 Å². The molecule has 7 nitrogen and oxygen atoms in total. The Labute approximate surface area is 195 Å². The van der Waals surface area contributed by atoms with Crippen LogP contribution in [0.3, 0.4) is 0 Å². The third kappa shape index (κ3) is 6.73. The van der Waals surface area contributed by atoms with Gasteiger partial charge in [-0.05, 0) is 55.8 Å². The summed E-state index contributed by atoms with van der Waals surface area (Å²) in [6.45, 7) is 3.47. The van der Waals surface area contributed by atoms with Crippen molar-refractivity contribution in [2.45, 2.75) is 31.8 Å². The predicted molar refractivity (Wildman–Crippen MR) is 130 cm³/mol. The van der Waals surface area contributed by atoms with E-state index in [4.69, 9.17) is 4.42 Å². The first-order valence-electron chi connectivity index (χ1n) is 10.2. The summed E-state index contributed by atoms with van der Waals surface area (Å²) in [7, 11) is 3.40. The molecule has 1 unspecified atom stereocenters. The molecule has 8 heteroatoms. The third-order valence-corrected chi connectivity index (χ3v) is 5.27. The smallest absolute Gasteiger partial charge is 0.251 e. The standard InChI is InChI=1S/C22H31N5O2.HI/c1-23-21(28)18-9-6-8-17(14-18)15-25-22(24-2)26-16-19(20-10-7-13-29-20)27-11-4-3-5-12-27;/h6-10,13-14,19H,3-5,11-12,15-16H2,1-2H3,(H,23,28)(H2,24,25,26);1H. The first-order chi connectivity index (χ1) is 14.2. The number of hydrogen-bond donors (Lipinski definition) is 3. The maximum absolute atomic E-state index is 11.8. The molecule has 1 saturated heterocycles. The zero-order chi connectivity index (χ0) is 20.5. The van der Waals surface area contributed by atoms with E-state index in [1.807, 2.05) is 36.4 Å².